The number of rotatable bonds is 4. The molecule has 0 bridgehead atoms. The number of fused-ring (bicyclic) bond motifs is 1. The van der Waals surface area contributed by atoms with Crippen LogP contribution in [0.2, 0.25) is 0 Å². The van der Waals surface area contributed by atoms with Gasteiger partial charge in [0.05, 0.1) is 6.54 Å². The fourth-order valence-corrected chi connectivity index (χ4v) is 3.56. The molecule has 0 saturated carbocycles. The molecule has 1 N–H and O–H groups in total. The summed E-state index contributed by atoms with van der Waals surface area (Å²) in [6.07, 6.45) is 5.34. The molecule has 0 spiro atoms. The lowest BCUT2D eigenvalue weighted by Gasteiger charge is -2.33. The molecule has 0 aliphatic carbocycles. The quantitative estimate of drug-likeness (QED) is 0.764. The Morgan fingerprint density at radius 1 is 1.11 bits per heavy atom. The first kappa shape index (κ1) is 17.3. The lowest BCUT2D eigenvalue weighted by Crippen LogP contribution is -2.48. The molecule has 1 atom stereocenters. The van der Waals surface area contributed by atoms with E-state index in [-0.39, 0.29) is 12.1 Å². The zero-order valence-electron chi connectivity index (χ0n) is 15.2. The third kappa shape index (κ3) is 4.19. The molecule has 27 heavy (non-hydrogen) atoms. The van der Waals surface area contributed by atoms with Gasteiger partial charge in [-0.2, -0.15) is 0 Å². The molecular weight excluding hydrogens is 338 g/mol. The van der Waals surface area contributed by atoms with Gasteiger partial charge < -0.3 is 15.0 Å². The van der Waals surface area contributed by atoms with Gasteiger partial charge in [-0.15, -0.1) is 0 Å². The first-order valence-corrected chi connectivity index (χ1v) is 9.36. The largest absolute Gasteiger partial charge is 0.488 e. The predicted octanol–water partition coefficient (Wildman–Crippen LogP) is 3.99. The van der Waals surface area contributed by atoms with E-state index in [4.69, 9.17) is 4.74 Å². The van der Waals surface area contributed by atoms with Gasteiger partial charge in [0.25, 0.3) is 0 Å². The molecule has 2 amide bonds. The van der Waals surface area contributed by atoms with Gasteiger partial charge >= 0.3 is 6.03 Å². The van der Waals surface area contributed by atoms with Crippen LogP contribution in [-0.4, -0.2) is 35.1 Å². The van der Waals surface area contributed by atoms with Crippen molar-refractivity contribution < 1.29 is 9.53 Å². The SMILES string of the molecule is O=C(NCc1cccc2ccccc12)N1CCC[C@H](Oc2ccncc2)C1. The van der Waals surface area contributed by atoms with Crippen molar-refractivity contribution in [2.24, 2.45) is 0 Å². The van der Waals surface area contributed by atoms with E-state index >= 15 is 0 Å². The van der Waals surface area contributed by atoms with E-state index in [2.05, 4.69) is 34.6 Å². The normalized spacial score (nSPS) is 16.9. The van der Waals surface area contributed by atoms with Crippen molar-refractivity contribution in [3.05, 3.63) is 72.6 Å². The van der Waals surface area contributed by atoms with Crippen molar-refractivity contribution in [3.8, 4) is 5.75 Å². The lowest BCUT2D eigenvalue weighted by atomic mass is 10.0. The molecule has 1 aliphatic heterocycles. The molecule has 1 saturated heterocycles. The number of aromatic nitrogens is 1. The van der Waals surface area contributed by atoms with Crippen LogP contribution in [0.1, 0.15) is 18.4 Å². The Bertz CT molecular complexity index is 908. The fourth-order valence-electron chi connectivity index (χ4n) is 3.56. The standard InChI is InChI=1S/C22H23N3O2/c26-22(24-15-18-7-3-6-17-5-1-2-9-21(17)18)25-14-4-8-20(16-25)27-19-10-12-23-13-11-19/h1-3,5-7,9-13,20H,4,8,14-16H2,(H,24,26)/t20-/m0/s1. The summed E-state index contributed by atoms with van der Waals surface area (Å²) in [4.78, 5) is 18.5. The van der Waals surface area contributed by atoms with Crippen LogP contribution in [0, 0.1) is 0 Å². The number of amides is 2. The molecule has 2 heterocycles. The van der Waals surface area contributed by atoms with Gasteiger partial charge in [-0.1, -0.05) is 42.5 Å². The highest BCUT2D eigenvalue weighted by Gasteiger charge is 2.24. The predicted molar refractivity (Wildman–Crippen MR) is 106 cm³/mol. The molecule has 5 heteroatoms. The molecule has 3 aromatic rings. The zero-order chi connectivity index (χ0) is 18.5. The average Bonchev–Trinajstić information content (AvgIpc) is 2.73. The number of hydrogen-bond donors (Lipinski definition) is 1. The summed E-state index contributed by atoms with van der Waals surface area (Å²) in [5.41, 5.74) is 1.13. The van der Waals surface area contributed by atoms with E-state index in [9.17, 15) is 4.79 Å². The third-order valence-corrected chi connectivity index (χ3v) is 4.93. The lowest BCUT2D eigenvalue weighted by molar-refractivity contribution is 0.101. The van der Waals surface area contributed by atoms with Crippen LogP contribution in [0.5, 0.6) is 5.75 Å². The number of likely N-dealkylation sites (tertiary alicyclic amines) is 1. The first-order chi connectivity index (χ1) is 13.3. The molecule has 5 nitrogen and oxygen atoms in total. The van der Waals surface area contributed by atoms with Gasteiger partial charge in [-0.25, -0.2) is 4.79 Å². The van der Waals surface area contributed by atoms with E-state index < -0.39 is 0 Å². The number of urea groups is 1. The van der Waals surface area contributed by atoms with E-state index in [0.717, 1.165) is 30.7 Å². The smallest absolute Gasteiger partial charge is 0.317 e. The summed E-state index contributed by atoms with van der Waals surface area (Å²) in [5, 5.41) is 5.43. The van der Waals surface area contributed by atoms with Crippen LogP contribution in [0.25, 0.3) is 10.8 Å². The van der Waals surface area contributed by atoms with Gasteiger partial charge in [-0.3, -0.25) is 4.98 Å². The van der Waals surface area contributed by atoms with Crippen LogP contribution in [0.4, 0.5) is 4.79 Å². The minimum Gasteiger partial charge on any atom is -0.488 e. The number of pyridine rings is 1. The number of carbonyl (C=O) groups excluding carboxylic acids is 1. The Labute approximate surface area is 159 Å². The van der Waals surface area contributed by atoms with Crippen molar-refractivity contribution in [3.63, 3.8) is 0 Å². The monoisotopic (exact) mass is 361 g/mol. The van der Waals surface area contributed by atoms with Crippen LogP contribution >= 0.6 is 0 Å². The number of ether oxygens (including phenoxy) is 1. The molecule has 1 fully saturated rings. The number of piperidine rings is 1. The summed E-state index contributed by atoms with van der Waals surface area (Å²) < 4.78 is 5.99. The Balaban J connectivity index is 1.36. The highest BCUT2D eigenvalue weighted by atomic mass is 16.5. The van der Waals surface area contributed by atoms with Crippen molar-refractivity contribution in [1.82, 2.24) is 15.2 Å². The molecule has 138 valence electrons. The van der Waals surface area contributed by atoms with E-state index in [1.807, 2.05) is 35.2 Å². The van der Waals surface area contributed by atoms with Gasteiger partial charge in [0.2, 0.25) is 0 Å². The second-order valence-corrected chi connectivity index (χ2v) is 6.81. The van der Waals surface area contributed by atoms with Crippen LogP contribution in [-0.2, 0) is 6.54 Å². The molecule has 4 rings (SSSR count). The second kappa shape index (κ2) is 8.08. The number of benzene rings is 2. The maximum Gasteiger partial charge on any atom is 0.317 e. The van der Waals surface area contributed by atoms with E-state index in [1.165, 1.54) is 10.8 Å². The van der Waals surface area contributed by atoms with Crippen LogP contribution in [0.3, 0.4) is 0 Å². The third-order valence-electron chi connectivity index (χ3n) is 4.93. The van der Waals surface area contributed by atoms with Crippen LogP contribution < -0.4 is 10.1 Å². The summed E-state index contributed by atoms with van der Waals surface area (Å²) in [6, 6.07) is 18.1. The molecule has 1 aromatic heterocycles. The minimum atomic E-state index is -0.0361. The van der Waals surface area contributed by atoms with Gasteiger partial charge in [0.15, 0.2) is 0 Å². The first-order valence-electron chi connectivity index (χ1n) is 9.36. The highest BCUT2D eigenvalue weighted by molar-refractivity contribution is 5.86. The molecule has 2 aromatic carbocycles. The Kier molecular flexibility index (Phi) is 5.19. The zero-order valence-corrected chi connectivity index (χ0v) is 15.2. The number of hydrogen-bond acceptors (Lipinski definition) is 3. The maximum atomic E-state index is 12.7. The summed E-state index contributed by atoms with van der Waals surface area (Å²) >= 11 is 0. The van der Waals surface area contributed by atoms with Gasteiger partial charge in [0.1, 0.15) is 11.9 Å². The number of nitrogens with zero attached hydrogens (tertiary/aromatic N) is 2. The van der Waals surface area contributed by atoms with Crippen LogP contribution in [0.15, 0.2) is 67.0 Å². The maximum absolute atomic E-state index is 12.7. The van der Waals surface area contributed by atoms with Crippen molar-refractivity contribution in [1.29, 1.82) is 0 Å². The van der Waals surface area contributed by atoms with E-state index in [1.54, 1.807) is 12.4 Å². The summed E-state index contributed by atoms with van der Waals surface area (Å²) in [6.45, 7) is 1.88. The number of carbonyl (C=O) groups is 1. The topological polar surface area (TPSA) is 54.5 Å². The fraction of sp³-hybridized carbons (Fsp3) is 0.273. The van der Waals surface area contributed by atoms with E-state index in [0.29, 0.717) is 13.1 Å². The molecule has 1 aliphatic rings. The van der Waals surface area contributed by atoms with Gasteiger partial charge in [-0.05, 0) is 41.3 Å². The molecular formula is C22H23N3O2. The average molecular weight is 361 g/mol. The Morgan fingerprint density at radius 2 is 1.93 bits per heavy atom. The van der Waals surface area contributed by atoms with Crippen molar-refractivity contribution in [2.45, 2.75) is 25.5 Å². The Morgan fingerprint density at radius 3 is 2.81 bits per heavy atom. The molecule has 0 radical (unpaired) electrons. The highest BCUT2D eigenvalue weighted by Crippen LogP contribution is 2.20. The van der Waals surface area contributed by atoms with Gasteiger partial charge in [0, 0.05) is 25.5 Å². The van der Waals surface area contributed by atoms with Crippen molar-refractivity contribution >= 4 is 16.8 Å². The molecule has 0 unspecified atom stereocenters. The number of nitrogens with one attached hydrogen (secondary N) is 1. The van der Waals surface area contributed by atoms with Crippen molar-refractivity contribution in [2.75, 3.05) is 13.1 Å². The summed E-state index contributed by atoms with van der Waals surface area (Å²) in [7, 11) is 0. The Hall–Kier alpha value is -3.08. The second-order valence-electron chi connectivity index (χ2n) is 6.81. The minimum absolute atomic E-state index is 0.0180. The summed E-state index contributed by atoms with van der Waals surface area (Å²) in [5.74, 6) is 0.799.